The summed E-state index contributed by atoms with van der Waals surface area (Å²) in [6, 6.07) is 0.568. The fourth-order valence-electron chi connectivity index (χ4n) is 1.70. The van der Waals surface area contributed by atoms with E-state index < -0.39 is 0 Å². The van der Waals surface area contributed by atoms with Crippen molar-refractivity contribution < 1.29 is 0 Å². The van der Waals surface area contributed by atoms with Crippen LogP contribution in [0, 0.1) is 5.92 Å². The predicted molar refractivity (Wildman–Crippen MR) is 59.3 cm³/mol. The molecule has 2 atom stereocenters. The molecule has 2 nitrogen and oxygen atoms in total. The molecule has 1 saturated heterocycles. The van der Waals surface area contributed by atoms with E-state index >= 15 is 0 Å². The zero-order valence-electron chi connectivity index (χ0n) is 7.58. The molecule has 0 bridgehead atoms. The molecule has 1 heterocycles. The average molecular weight is 204 g/mol. The summed E-state index contributed by atoms with van der Waals surface area (Å²) in [6.45, 7) is 5.59. The first kappa shape index (κ1) is 10.3. The molecule has 1 N–H and O–H groups in total. The second-order valence-electron chi connectivity index (χ2n) is 3.59. The van der Waals surface area contributed by atoms with Gasteiger partial charge in [-0.05, 0) is 25.7 Å². The second kappa shape index (κ2) is 4.44. The van der Waals surface area contributed by atoms with Gasteiger partial charge in [-0.25, -0.2) is 5.01 Å². The van der Waals surface area contributed by atoms with Crippen molar-refractivity contribution in [3.63, 3.8) is 0 Å². The fraction of sp³-hybridized carbons (Fsp3) is 0.875. The van der Waals surface area contributed by atoms with Gasteiger partial charge in [-0.3, -0.25) is 0 Å². The SMILES string of the molecule is CC1CCN(NC(=S)S)C(C)C1. The third-order valence-electron chi connectivity index (χ3n) is 2.38. The molecule has 0 aromatic rings. The molecule has 12 heavy (non-hydrogen) atoms. The van der Waals surface area contributed by atoms with E-state index in [1.54, 1.807) is 0 Å². The first-order valence-electron chi connectivity index (χ1n) is 4.36. The summed E-state index contributed by atoms with van der Waals surface area (Å²) in [5.41, 5.74) is 3.08. The smallest absolute Gasteiger partial charge is 0.145 e. The molecule has 1 rings (SSSR count). The molecule has 0 aromatic carbocycles. The third-order valence-corrected chi connectivity index (χ3v) is 2.57. The monoisotopic (exact) mass is 204 g/mol. The minimum atomic E-state index is 0.566. The summed E-state index contributed by atoms with van der Waals surface area (Å²) in [5.74, 6) is 0.839. The van der Waals surface area contributed by atoms with E-state index in [9.17, 15) is 0 Å². The van der Waals surface area contributed by atoms with Crippen LogP contribution in [0.4, 0.5) is 0 Å². The molecule has 0 radical (unpaired) electrons. The molecule has 2 unspecified atom stereocenters. The molecule has 0 aromatic heterocycles. The summed E-state index contributed by atoms with van der Waals surface area (Å²) in [4.78, 5) is 0. The van der Waals surface area contributed by atoms with Crippen LogP contribution in [0.25, 0.3) is 0 Å². The summed E-state index contributed by atoms with van der Waals surface area (Å²) in [7, 11) is 0. The van der Waals surface area contributed by atoms with Gasteiger partial charge in [-0.1, -0.05) is 19.1 Å². The van der Waals surface area contributed by atoms with Gasteiger partial charge < -0.3 is 5.43 Å². The molecule has 0 amide bonds. The van der Waals surface area contributed by atoms with Crippen LogP contribution >= 0.6 is 24.8 Å². The highest BCUT2D eigenvalue weighted by Gasteiger charge is 2.22. The standard InChI is InChI=1S/C8H16N2S2/c1-6-3-4-10(7(2)5-6)9-8(11)12/h6-7H,3-5H2,1-2H3,(H2,9,11,12). The summed E-state index contributed by atoms with van der Waals surface area (Å²) in [6.07, 6.45) is 2.48. The van der Waals surface area contributed by atoms with Gasteiger partial charge in [0.15, 0.2) is 0 Å². The normalized spacial score (nSPS) is 31.6. The lowest BCUT2D eigenvalue weighted by atomic mass is 9.95. The molecule has 1 aliphatic heterocycles. The Hall–Kier alpha value is 0.200. The molecule has 0 aliphatic carbocycles. The molecule has 1 aliphatic rings. The maximum Gasteiger partial charge on any atom is 0.145 e. The van der Waals surface area contributed by atoms with Gasteiger partial charge >= 0.3 is 0 Å². The number of hydrazine groups is 1. The van der Waals surface area contributed by atoms with Gasteiger partial charge in [0.1, 0.15) is 4.32 Å². The number of rotatable bonds is 1. The Morgan fingerprint density at radius 1 is 1.58 bits per heavy atom. The van der Waals surface area contributed by atoms with E-state index in [2.05, 4.69) is 36.9 Å². The molecule has 4 heteroatoms. The number of nitrogens with one attached hydrogen (secondary N) is 1. The molecule has 70 valence electrons. The Balaban J connectivity index is 2.39. The maximum atomic E-state index is 4.87. The number of thiol groups is 1. The Morgan fingerprint density at radius 3 is 2.75 bits per heavy atom. The molecular formula is C8H16N2S2. The van der Waals surface area contributed by atoms with Crippen LogP contribution in [-0.4, -0.2) is 21.9 Å². The van der Waals surface area contributed by atoms with Gasteiger partial charge in [0, 0.05) is 12.6 Å². The van der Waals surface area contributed by atoms with Crippen LogP contribution in [0.1, 0.15) is 26.7 Å². The van der Waals surface area contributed by atoms with Crippen molar-refractivity contribution in [1.29, 1.82) is 0 Å². The minimum absolute atomic E-state index is 0.566. The zero-order chi connectivity index (χ0) is 9.14. The summed E-state index contributed by atoms with van der Waals surface area (Å²) < 4.78 is 0.566. The van der Waals surface area contributed by atoms with Crippen molar-refractivity contribution in [3.8, 4) is 0 Å². The highest BCUT2D eigenvalue weighted by Crippen LogP contribution is 2.20. The van der Waals surface area contributed by atoms with E-state index in [0.29, 0.717) is 10.4 Å². The number of piperidine rings is 1. The van der Waals surface area contributed by atoms with Gasteiger partial charge in [0.25, 0.3) is 0 Å². The topological polar surface area (TPSA) is 15.3 Å². The largest absolute Gasteiger partial charge is 0.304 e. The Bertz CT molecular complexity index is 172. The van der Waals surface area contributed by atoms with Crippen molar-refractivity contribution >= 4 is 29.2 Å². The van der Waals surface area contributed by atoms with Crippen molar-refractivity contribution in [2.45, 2.75) is 32.7 Å². The van der Waals surface area contributed by atoms with Crippen LogP contribution in [0.5, 0.6) is 0 Å². The van der Waals surface area contributed by atoms with E-state index in [4.69, 9.17) is 12.2 Å². The first-order valence-corrected chi connectivity index (χ1v) is 5.21. The van der Waals surface area contributed by atoms with Crippen LogP contribution in [0.3, 0.4) is 0 Å². The van der Waals surface area contributed by atoms with Crippen LogP contribution in [0.2, 0.25) is 0 Å². The quantitative estimate of drug-likeness (QED) is 0.501. The number of hydrogen-bond acceptors (Lipinski definition) is 2. The zero-order valence-corrected chi connectivity index (χ0v) is 9.29. The first-order chi connectivity index (χ1) is 5.59. The number of hydrogen-bond donors (Lipinski definition) is 2. The van der Waals surface area contributed by atoms with Crippen molar-refractivity contribution in [3.05, 3.63) is 0 Å². The molecule has 0 spiro atoms. The molecular weight excluding hydrogens is 188 g/mol. The predicted octanol–water partition coefficient (Wildman–Crippen LogP) is 1.83. The number of thiocarbonyl (C=S) groups is 1. The van der Waals surface area contributed by atoms with Crippen molar-refractivity contribution in [1.82, 2.24) is 10.4 Å². The van der Waals surface area contributed by atoms with Gasteiger partial charge in [-0.15, -0.1) is 12.6 Å². The highest BCUT2D eigenvalue weighted by atomic mass is 32.1. The third kappa shape index (κ3) is 2.92. The van der Waals surface area contributed by atoms with Crippen LogP contribution in [0.15, 0.2) is 0 Å². The van der Waals surface area contributed by atoms with Crippen molar-refractivity contribution in [2.24, 2.45) is 5.92 Å². The summed E-state index contributed by atoms with van der Waals surface area (Å²) >= 11 is 8.92. The van der Waals surface area contributed by atoms with E-state index in [0.717, 1.165) is 12.5 Å². The molecule has 1 fully saturated rings. The fourth-order valence-corrected chi connectivity index (χ4v) is 1.94. The second-order valence-corrected chi connectivity index (χ2v) is 4.75. The summed E-state index contributed by atoms with van der Waals surface area (Å²) in [5, 5.41) is 2.18. The average Bonchev–Trinajstić information content (AvgIpc) is 1.94. The number of nitrogens with zero attached hydrogens (tertiary/aromatic N) is 1. The van der Waals surface area contributed by atoms with E-state index in [1.165, 1.54) is 12.8 Å². The van der Waals surface area contributed by atoms with Crippen molar-refractivity contribution in [2.75, 3.05) is 6.54 Å². The lowest BCUT2D eigenvalue weighted by Crippen LogP contribution is -2.49. The van der Waals surface area contributed by atoms with Gasteiger partial charge in [0.2, 0.25) is 0 Å². The van der Waals surface area contributed by atoms with Crippen LogP contribution < -0.4 is 5.43 Å². The van der Waals surface area contributed by atoms with Gasteiger partial charge in [0.05, 0.1) is 0 Å². The highest BCUT2D eigenvalue weighted by molar-refractivity contribution is 8.11. The maximum absolute atomic E-state index is 4.87. The van der Waals surface area contributed by atoms with Crippen LogP contribution in [-0.2, 0) is 0 Å². The lowest BCUT2D eigenvalue weighted by Gasteiger charge is -2.36. The van der Waals surface area contributed by atoms with E-state index in [-0.39, 0.29) is 0 Å². The Labute approximate surface area is 85.1 Å². The Morgan fingerprint density at radius 2 is 2.25 bits per heavy atom. The lowest BCUT2D eigenvalue weighted by molar-refractivity contribution is 0.104. The molecule has 0 saturated carbocycles. The van der Waals surface area contributed by atoms with E-state index in [1.807, 2.05) is 0 Å². The minimum Gasteiger partial charge on any atom is -0.304 e. The van der Waals surface area contributed by atoms with Gasteiger partial charge in [-0.2, -0.15) is 0 Å². The Kier molecular flexibility index (Phi) is 3.80.